The van der Waals surface area contributed by atoms with Gasteiger partial charge >= 0.3 is 5.97 Å². The number of methoxy groups -OCH3 is 3. The molecule has 0 aliphatic carbocycles. The van der Waals surface area contributed by atoms with Crippen molar-refractivity contribution < 1.29 is 23.8 Å². The summed E-state index contributed by atoms with van der Waals surface area (Å²) in [5.41, 5.74) is 3.19. The Morgan fingerprint density at radius 2 is 1.85 bits per heavy atom. The number of carbonyl (C=O) groups is 2. The number of pyridine rings is 1. The van der Waals surface area contributed by atoms with Crippen molar-refractivity contribution in [2.24, 2.45) is 0 Å². The summed E-state index contributed by atoms with van der Waals surface area (Å²) in [4.78, 5) is 35.2. The Balaban J connectivity index is 1.71. The van der Waals surface area contributed by atoms with E-state index in [1.54, 1.807) is 31.4 Å². The summed E-state index contributed by atoms with van der Waals surface area (Å²) in [6.07, 6.45) is 4.13. The molecule has 0 saturated carbocycles. The first-order valence-electron chi connectivity index (χ1n) is 11.4. The van der Waals surface area contributed by atoms with E-state index in [1.807, 2.05) is 6.92 Å². The Labute approximate surface area is 198 Å². The zero-order valence-corrected chi connectivity index (χ0v) is 20.0. The molecule has 0 spiro atoms. The van der Waals surface area contributed by atoms with Gasteiger partial charge in [0, 0.05) is 18.7 Å². The molecule has 2 aromatic heterocycles. The van der Waals surface area contributed by atoms with Crippen LogP contribution in [0.3, 0.4) is 0 Å². The van der Waals surface area contributed by atoms with Gasteiger partial charge in [-0.2, -0.15) is 0 Å². The molecule has 1 aliphatic rings. The fourth-order valence-corrected chi connectivity index (χ4v) is 4.40. The molecule has 1 N–H and O–H groups in total. The van der Waals surface area contributed by atoms with E-state index in [9.17, 15) is 9.59 Å². The van der Waals surface area contributed by atoms with E-state index in [4.69, 9.17) is 24.2 Å². The van der Waals surface area contributed by atoms with Crippen molar-refractivity contribution in [1.29, 1.82) is 0 Å². The lowest BCUT2D eigenvalue weighted by atomic mass is 10.0. The molecule has 34 heavy (non-hydrogen) atoms. The molecule has 1 amide bonds. The number of imidazole rings is 1. The third-order valence-electron chi connectivity index (χ3n) is 6.15. The molecule has 0 bridgehead atoms. The van der Waals surface area contributed by atoms with Crippen molar-refractivity contribution in [3.63, 3.8) is 0 Å². The number of esters is 1. The number of fused-ring (bicyclic) bond motifs is 3. The van der Waals surface area contributed by atoms with Crippen LogP contribution in [0.25, 0.3) is 11.2 Å². The number of hydrogen-bond donors (Lipinski definition) is 1. The van der Waals surface area contributed by atoms with Gasteiger partial charge in [0.2, 0.25) is 0 Å². The van der Waals surface area contributed by atoms with E-state index in [0.29, 0.717) is 28.1 Å². The summed E-state index contributed by atoms with van der Waals surface area (Å²) >= 11 is 0. The zero-order valence-electron chi connectivity index (χ0n) is 20.0. The normalized spacial score (nSPS) is 14.1. The maximum absolute atomic E-state index is 13.5. The number of aryl methyl sites for hydroxylation is 3. The number of carbonyl (C=O) groups excluding carboxylic acids is 2. The van der Waals surface area contributed by atoms with E-state index >= 15 is 0 Å². The predicted octanol–water partition coefficient (Wildman–Crippen LogP) is 3.52. The van der Waals surface area contributed by atoms with Gasteiger partial charge in [0.15, 0.2) is 17.1 Å². The summed E-state index contributed by atoms with van der Waals surface area (Å²) in [6, 6.07) is 6.39. The summed E-state index contributed by atoms with van der Waals surface area (Å²) in [7, 11) is 4.41. The Bertz CT molecular complexity index is 1220. The molecule has 0 saturated heterocycles. The second-order valence-electron chi connectivity index (χ2n) is 8.39. The van der Waals surface area contributed by atoms with Crippen molar-refractivity contribution in [3.8, 4) is 11.5 Å². The molecule has 3 heterocycles. The third-order valence-corrected chi connectivity index (χ3v) is 6.15. The number of nitrogens with one attached hydrogen (secondary N) is 1. The van der Waals surface area contributed by atoms with Crippen LogP contribution < -0.4 is 14.8 Å². The fourth-order valence-electron chi connectivity index (χ4n) is 4.40. The maximum Gasteiger partial charge on any atom is 0.307 e. The van der Waals surface area contributed by atoms with Crippen LogP contribution >= 0.6 is 0 Å². The largest absolute Gasteiger partial charge is 0.493 e. The van der Waals surface area contributed by atoms with Crippen LogP contribution in [-0.4, -0.2) is 47.7 Å². The van der Waals surface area contributed by atoms with Gasteiger partial charge in [-0.25, -0.2) is 9.97 Å². The summed E-state index contributed by atoms with van der Waals surface area (Å²) in [5.74, 6) is 1.26. The van der Waals surface area contributed by atoms with Gasteiger partial charge < -0.3 is 24.1 Å². The zero-order chi connectivity index (χ0) is 24.2. The fraction of sp³-hybridized carbons (Fsp3) is 0.440. The molecule has 180 valence electrons. The summed E-state index contributed by atoms with van der Waals surface area (Å²) in [6.45, 7) is 2.72. The lowest BCUT2D eigenvalue weighted by molar-refractivity contribution is -0.141. The van der Waals surface area contributed by atoms with Crippen LogP contribution in [0, 0.1) is 6.92 Å². The van der Waals surface area contributed by atoms with E-state index < -0.39 is 12.0 Å². The summed E-state index contributed by atoms with van der Waals surface area (Å²) in [5, 5.41) is 3.00. The minimum atomic E-state index is -0.635. The van der Waals surface area contributed by atoms with Crippen LogP contribution in [0.5, 0.6) is 11.5 Å². The second kappa shape index (κ2) is 10.1. The Kier molecular flexibility index (Phi) is 7.00. The maximum atomic E-state index is 13.5. The van der Waals surface area contributed by atoms with Gasteiger partial charge in [-0.15, -0.1) is 0 Å². The average molecular weight is 467 g/mol. The van der Waals surface area contributed by atoms with E-state index in [0.717, 1.165) is 49.4 Å². The Morgan fingerprint density at radius 1 is 1.06 bits per heavy atom. The average Bonchev–Trinajstić information content (AvgIpc) is 3.02. The smallest absolute Gasteiger partial charge is 0.307 e. The molecule has 1 atom stereocenters. The van der Waals surface area contributed by atoms with Gasteiger partial charge in [0.1, 0.15) is 11.3 Å². The number of amides is 1. The number of ether oxygens (including phenoxy) is 3. The van der Waals surface area contributed by atoms with Crippen molar-refractivity contribution in [2.75, 3.05) is 21.3 Å². The topological polar surface area (TPSA) is 105 Å². The highest BCUT2D eigenvalue weighted by molar-refractivity contribution is 6.04. The first kappa shape index (κ1) is 23.5. The molecule has 9 heteroatoms. The quantitative estimate of drug-likeness (QED) is 0.531. The SMILES string of the molecule is COC(=O)CC(NC(=O)c1cc(C)nc2c1nc1n2CCCCC1)c1ccc(OC)c(OC)c1. The number of rotatable bonds is 7. The van der Waals surface area contributed by atoms with Gasteiger partial charge in [-0.1, -0.05) is 12.5 Å². The molecule has 4 rings (SSSR count). The van der Waals surface area contributed by atoms with Crippen LogP contribution in [0.15, 0.2) is 24.3 Å². The molecular formula is C25H30N4O5. The highest BCUT2D eigenvalue weighted by Crippen LogP contribution is 2.32. The molecule has 0 radical (unpaired) electrons. The molecule has 9 nitrogen and oxygen atoms in total. The van der Waals surface area contributed by atoms with Gasteiger partial charge in [0.05, 0.1) is 39.4 Å². The molecule has 1 unspecified atom stereocenters. The first-order valence-corrected chi connectivity index (χ1v) is 11.4. The monoisotopic (exact) mass is 466 g/mol. The van der Waals surface area contributed by atoms with Crippen molar-refractivity contribution in [3.05, 3.63) is 46.9 Å². The van der Waals surface area contributed by atoms with Crippen molar-refractivity contribution >= 4 is 23.0 Å². The van der Waals surface area contributed by atoms with Crippen LogP contribution in [-0.2, 0) is 22.5 Å². The molecule has 1 aromatic carbocycles. The lowest BCUT2D eigenvalue weighted by Crippen LogP contribution is -2.31. The lowest BCUT2D eigenvalue weighted by Gasteiger charge is -2.20. The van der Waals surface area contributed by atoms with Gasteiger partial charge in [-0.3, -0.25) is 9.59 Å². The Hall–Kier alpha value is -3.62. The minimum absolute atomic E-state index is 0.0371. The number of hydrogen-bond acceptors (Lipinski definition) is 7. The van der Waals surface area contributed by atoms with Crippen LogP contribution in [0.1, 0.15) is 59.2 Å². The van der Waals surface area contributed by atoms with Crippen molar-refractivity contribution in [2.45, 2.75) is 51.6 Å². The van der Waals surface area contributed by atoms with Gasteiger partial charge in [0.25, 0.3) is 5.91 Å². The highest BCUT2D eigenvalue weighted by Gasteiger charge is 2.25. The van der Waals surface area contributed by atoms with E-state index in [2.05, 4.69) is 9.88 Å². The van der Waals surface area contributed by atoms with Crippen LogP contribution in [0.2, 0.25) is 0 Å². The first-order chi connectivity index (χ1) is 16.4. The van der Waals surface area contributed by atoms with E-state index in [1.165, 1.54) is 14.2 Å². The predicted molar refractivity (Wildman–Crippen MR) is 126 cm³/mol. The summed E-state index contributed by atoms with van der Waals surface area (Å²) < 4.78 is 17.7. The minimum Gasteiger partial charge on any atom is -0.493 e. The van der Waals surface area contributed by atoms with Gasteiger partial charge in [-0.05, 0) is 43.5 Å². The number of benzene rings is 1. The Morgan fingerprint density at radius 3 is 2.59 bits per heavy atom. The molecular weight excluding hydrogens is 436 g/mol. The van der Waals surface area contributed by atoms with Crippen LogP contribution in [0.4, 0.5) is 0 Å². The van der Waals surface area contributed by atoms with Crippen molar-refractivity contribution in [1.82, 2.24) is 19.9 Å². The highest BCUT2D eigenvalue weighted by atomic mass is 16.5. The second-order valence-corrected chi connectivity index (χ2v) is 8.39. The number of nitrogens with zero attached hydrogens (tertiary/aromatic N) is 3. The molecule has 1 aliphatic heterocycles. The standard InChI is InChI=1S/C25H30N4O5/c1-15-12-17(23-24(26-15)29-11-7-5-6-8-21(29)28-23)25(31)27-18(14-22(30)34-4)16-9-10-19(32-2)20(13-16)33-3/h9-10,12-13,18H,5-8,11,14H2,1-4H3,(H,27,31). The number of aromatic nitrogens is 3. The molecule has 3 aromatic rings. The third kappa shape index (κ3) is 4.69. The van der Waals surface area contributed by atoms with E-state index in [-0.39, 0.29) is 12.3 Å². The molecule has 0 fully saturated rings.